The summed E-state index contributed by atoms with van der Waals surface area (Å²) in [5.41, 5.74) is 2.32. The van der Waals surface area contributed by atoms with Gasteiger partial charge in [0.15, 0.2) is 0 Å². The molecule has 164 valence electrons. The fourth-order valence-electron chi connectivity index (χ4n) is 3.76. The summed E-state index contributed by atoms with van der Waals surface area (Å²) in [6.07, 6.45) is 1.36. The molecule has 4 heteroatoms. The van der Waals surface area contributed by atoms with Crippen molar-refractivity contribution < 1.29 is 14.3 Å². The van der Waals surface area contributed by atoms with Crippen LogP contribution in [0.2, 0.25) is 0 Å². The molecule has 0 amide bonds. The van der Waals surface area contributed by atoms with Crippen molar-refractivity contribution in [2.45, 2.75) is 51.4 Å². The minimum absolute atomic E-state index is 0.229. The Bertz CT molecular complexity index is 949. The topological polar surface area (TPSA) is 47.6 Å². The van der Waals surface area contributed by atoms with Crippen LogP contribution in [0.5, 0.6) is 0 Å². The van der Waals surface area contributed by atoms with Crippen molar-refractivity contribution in [3.8, 4) is 0 Å². The highest BCUT2D eigenvalue weighted by atomic mass is 16.5. The van der Waals surface area contributed by atoms with Crippen molar-refractivity contribution in [2.24, 2.45) is 0 Å². The number of hydrogen-bond donors (Lipinski definition) is 1. The highest BCUT2D eigenvalue weighted by Gasteiger charge is 2.26. The molecule has 0 spiro atoms. The molecular weight excluding hydrogens is 386 g/mol. The van der Waals surface area contributed by atoms with E-state index in [9.17, 15) is 4.79 Å². The Morgan fingerprint density at radius 2 is 1.68 bits per heavy atom. The monoisotopic (exact) mass is 419 g/mol. The fourth-order valence-corrected chi connectivity index (χ4v) is 3.76. The SMILES string of the molecule is CC(C)(C)OC=O.c1ccc(C2CCNCC2OCc2ccc3ccccc3c2)cc1. The standard InChI is InChI=1S/C22H23NO.C5H10O2/c1-2-7-19(8-3-1)21-12-13-23-15-22(21)24-16-17-10-11-18-6-4-5-9-20(18)14-17;1-5(2,3)7-4-6/h1-11,14,21-23H,12-13,15-16H2;4H,1-3H3. The summed E-state index contributed by atoms with van der Waals surface area (Å²) in [5.74, 6) is 0.480. The molecule has 1 aliphatic heterocycles. The number of carbonyl (C=O) groups excluding carboxylic acids is 1. The highest BCUT2D eigenvalue weighted by molar-refractivity contribution is 5.82. The summed E-state index contributed by atoms with van der Waals surface area (Å²) >= 11 is 0. The summed E-state index contributed by atoms with van der Waals surface area (Å²) in [7, 11) is 0. The molecule has 2 unspecified atom stereocenters. The van der Waals surface area contributed by atoms with Gasteiger partial charge < -0.3 is 14.8 Å². The van der Waals surface area contributed by atoms with Crippen molar-refractivity contribution in [3.05, 3.63) is 83.9 Å². The molecule has 1 fully saturated rings. The summed E-state index contributed by atoms with van der Waals surface area (Å²) in [6, 6.07) is 25.8. The van der Waals surface area contributed by atoms with E-state index in [2.05, 4.69) is 82.9 Å². The van der Waals surface area contributed by atoms with Gasteiger partial charge in [0.1, 0.15) is 5.60 Å². The van der Waals surface area contributed by atoms with Crippen LogP contribution in [-0.4, -0.2) is 31.3 Å². The number of ether oxygens (including phenoxy) is 2. The zero-order valence-electron chi connectivity index (χ0n) is 18.7. The molecule has 0 bridgehead atoms. The van der Waals surface area contributed by atoms with Gasteiger partial charge >= 0.3 is 0 Å². The number of piperidine rings is 1. The second-order valence-corrected chi connectivity index (χ2v) is 8.87. The normalized spacial score (nSPS) is 18.7. The van der Waals surface area contributed by atoms with Gasteiger partial charge in [-0.15, -0.1) is 0 Å². The molecule has 0 aromatic heterocycles. The van der Waals surface area contributed by atoms with Crippen LogP contribution in [0.25, 0.3) is 10.8 Å². The largest absolute Gasteiger partial charge is 0.462 e. The van der Waals surface area contributed by atoms with E-state index < -0.39 is 0 Å². The van der Waals surface area contributed by atoms with Gasteiger partial charge in [0.2, 0.25) is 0 Å². The third kappa shape index (κ3) is 7.20. The fraction of sp³-hybridized carbons (Fsp3) is 0.370. The molecule has 0 radical (unpaired) electrons. The molecular formula is C27H33NO3. The van der Waals surface area contributed by atoms with Crippen LogP contribution in [-0.2, 0) is 20.9 Å². The Kier molecular flexibility index (Phi) is 8.21. The van der Waals surface area contributed by atoms with E-state index in [1.807, 2.05) is 20.8 Å². The quantitative estimate of drug-likeness (QED) is 0.558. The Balaban J connectivity index is 0.000000339. The van der Waals surface area contributed by atoms with E-state index in [0.717, 1.165) is 19.5 Å². The molecule has 1 N–H and O–H groups in total. The molecule has 1 heterocycles. The average Bonchev–Trinajstić information content (AvgIpc) is 2.78. The lowest BCUT2D eigenvalue weighted by Gasteiger charge is -2.32. The molecule has 0 aliphatic carbocycles. The first kappa shape index (κ1) is 23.0. The maximum Gasteiger partial charge on any atom is 0.293 e. The number of carbonyl (C=O) groups is 1. The van der Waals surface area contributed by atoms with Crippen molar-refractivity contribution in [2.75, 3.05) is 13.1 Å². The van der Waals surface area contributed by atoms with Crippen molar-refractivity contribution in [1.29, 1.82) is 0 Å². The second kappa shape index (κ2) is 11.1. The van der Waals surface area contributed by atoms with Crippen LogP contribution < -0.4 is 5.32 Å². The van der Waals surface area contributed by atoms with Crippen molar-refractivity contribution in [1.82, 2.24) is 5.32 Å². The van der Waals surface area contributed by atoms with E-state index in [0.29, 0.717) is 19.0 Å². The van der Waals surface area contributed by atoms with Crippen LogP contribution >= 0.6 is 0 Å². The molecule has 4 nitrogen and oxygen atoms in total. The summed E-state index contributed by atoms with van der Waals surface area (Å²) < 4.78 is 10.9. The van der Waals surface area contributed by atoms with Crippen LogP contribution in [0, 0.1) is 0 Å². The minimum Gasteiger partial charge on any atom is -0.462 e. The maximum absolute atomic E-state index is 9.60. The average molecular weight is 420 g/mol. The lowest BCUT2D eigenvalue weighted by atomic mass is 9.88. The number of hydrogen-bond acceptors (Lipinski definition) is 4. The third-order valence-electron chi connectivity index (χ3n) is 5.33. The summed E-state index contributed by atoms with van der Waals surface area (Å²) in [6.45, 7) is 8.58. The van der Waals surface area contributed by atoms with Crippen molar-refractivity contribution in [3.63, 3.8) is 0 Å². The van der Waals surface area contributed by atoms with Crippen molar-refractivity contribution >= 4 is 17.2 Å². The summed E-state index contributed by atoms with van der Waals surface area (Å²) in [5, 5.41) is 6.03. The predicted octanol–water partition coefficient (Wildman–Crippen LogP) is 5.46. The van der Waals surface area contributed by atoms with E-state index in [1.54, 1.807) is 0 Å². The van der Waals surface area contributed by atoms with Gasteiger partial charge in [0.25, 0.3) is 6.47 Å². The minimum atomic E-state index is -0.318. The Labute approximate surface area is 185 Å². The van der Waals surface area contributed by atoms with Gasteiger partial charge in [-0.2, -0.15) is 0 Å². The zero-order valence-corrected chi connectivity index (χ0v) is 18.7. The zero-order chi connectivity index (χ0) is 22.1. The molecule has 0 saturated carbocycles. The van der Waals surface area contributed by atoms with Crippen LogP contribution in [0.3, 0.4) is 0 Å². The predicted molar refractivity (Wildman–Crippen MR) is 126 cm³/mol. The van der Waals surface area contributed by atoms with Gasteiger partial charge in [-0.3, -0.25) is 4.79 Å². The molecule has 3 aromatic carbocycles. The van der Waals surface area contributed by atoms with Crippen LogP contribution in [0.4, 0.5) is 0 Å². The molecule has 3 aromatic rings. The molecule has 31 heavy (non-hydrogen) atoms. The Hall–Kier alpha value is -2.69. The summed E-state index contributed by atoms with van der Waals surface area (Å²) in [4.78, 5) is 9.60. The number of fused-ring (bicyclic) bond motifs is 1. The third-order valence-corrected chi connectivity index (χ3v) is 5.33. The van der Waals surface area contributed by atoms with Gasteiger partial charge in [0.05, 0.1) is 12.7 Å². The first-order chi connectivity index (χ1) is 15.0. The molecule has 2 atom stereocenters. The number of rotatable bonds is 5. The maximum atomic E-state index is 9.60. The van der Waals surface area contributed by atoms with Crippen LogP contribution in [0.1, 0.15) is 44.2 Å². The van der Waals surface area contributed by atoms with E-state index in [-0.39, 0.29) is 11.7 Å². The first-order valence-corrected chi connectivity index (χ1v) is 10.9. The molecule has 4 rings (SSSR count). The Morgan fingerprint density at radius 1 is 0.968 bits per heavy atom. The van der Waals surface area contributed by atoms with Gasteiger partial charge in [-0.25, -0.2) is 0 Å². The van der Waals surface area contributed by atoms with Gasteiger partial charge in [0, 0.05) is 12.5 Å². The van der Waals surface area contributed by atoms with E-state index >= 15 is 0 Å². The molecule has 1 saturated heterocycles. The number of nitrogens with one attached hydrogen (secondary N) is 1. The lowest BCUT2D eigenvalue weighted by Crippen LogP contribution is -2.40. The Morgan fingerprint density at radius 3 is 2.35 bits per heavy atom. The van der Waals surface area contributed by atoms with Gasteiger partial charge in [-0.05, 0) is 61.7 Å². The van der Waals surface area contributed by atoms with Gasteiger partial charge in [-0.1, -0.05) is 66.7 Å². The van der Waals surface area contributed by atoms with E-state index in [4.69, 9.17) is 4.74 Å². The first-order valence-electron chi connectivity index (χ1n) is 10.9. The molecule has 1 aliphatic rings. The smallest absolute Gasteiger partial charge is 0.293 e. The lowest BCUT2D eigenvalue weighted by molar-refractivity contribution is -0.138. The second-order valence-electron chi connectivity index (χ2n) is 8.87. The van der Waals surface area contributed by atoms with Crippen LogP contribution in [0.15, 0.2) is 72.8 Å². The number of benzene rings is 3. The van der Waals surface area contributed by atoms with E-state index in [1.165, 1.54) is 21.9 Å². The highest BCUT2D eigenvalue weighted by Crippen LogP contribution is 2.28.